The molecule has 14 heavy (non-hydrogen) atoms. The molecule has 7 heteroatoms. The normalized spacial score (nSPS) is 22.1. The standard InChI is InChI=1S/C7H13F3N2.2ClH/c8-7(9,10)5-12-6-2-1-3-11-4-6;;/h6,11-12H,1-5H2;2*1H. The van der Waals surface area contributed by atoms with Gasteiger partial charge in [-0.05, 0) is 19.4 Å². The number of piperidine rings is 1. The molecule has 0 aromatic heterocycles. The van der Waals surface area contributed by atoms with Crippen LogP contribution in [0.1, 0.15) is 12.8 Å². The number of hydrogen-bond donors (Lipinski definition) is 2. The van der Waals surface area contributed by atoms with Crippen LogP contribution in [0.25, 0.3) is 0 Å². The molecule has 0 aromatic carbocycles. The first-order valence-corrected chi connectivity index (χ1v) is 4.09. The van der Waals surface area contributed by atoms with Gasteiger partial charge in [-0.2, -0.15) is 13.2 Å². The van der Waals surface area contributed by atoms with Gasteiger partial charge in [-0.25, -0.2) is 0 Å². The minimum absolute atomic E-state index is 0. The van der Waals surface area contributed by atoms with Crippen molar-refractivity contribution in [2.24, 2.45) is 0 Å². The second-order valence-electron chi connectivity index (χ2n) is 3.04. The number of hydrogen-bond acceptors (Lipinski definition) is 2. The molecule has 0 spiro atoms. The number of halogens is 5. The maximum Gasteiger partial charge on any atom is 0.401 e. The van der Waals surface area contributed by atoms with E-state index in [0.29, 0.717) is 6.54 Å². The Bertz CT molecular complexity index is 137. The lowest BCUT2D eigenvalue weighted by Gasteiger charge is -2.24. The van der Waals surface area contributed by atoms with E-state index in [-0.39, 0.29) is 30.9 Å². The highest BCUT2D eigenvalue weighted by Crippen LogP contribution is 2.13. The third-order valence-electron chi connectivity index (χ3n) is 1.89. The van der Waals surface area contributed by atoms with E-state index in [1.54, 1.807) is 0 Å². The summed E-state index contributed by atoms with van der Waals surface area (Å²) in [6.45, 7) is 0.694. The van der Waals surface area contributed by atoms with Crippen molar-refractivity contribution >= 4 is 24.8 Å². The summed E-state index contributed by atoms with van der Waals surface area (Å²) in [5.41, 5.74) is 0. The SMILES string of the molecule is Cl.Cl.FC(F)(F)CNC1CCCNC1. The summed E-state index contributed by atoms with van der Waals surface area (Å²) in [7, 11) is 0. The van der Waals surface area contributed by atoms with Crippen molar-refractivity contribution in [2.45, 2.75) is 25.1 Å². The summed E-state index contributed by atoms with van der Waals surface area (Å²) in [5, 5.41) is 5.52. The maximum absolute atomic E-state index is 11.7. The fraction of sp³-hybridized carbons (Fsp3) is 1.00. The van der Waals surface area contributed by atoms with E-state index in [0.717, 1.165) is 19.4 Å². The van der Waals surface area contributed by atoms with Crippen LogP contribution in [-0.4, -0.2) is 31.9 Å². The molecule has 1 saturated heterocycles. The van der Waals surface area contributed by atoms with Gasteiger partial charge >= 0.3 is 6.18 Å². The second-order valence-corrected chi connectivity index (χ2v) is 3.04. The molecule has 1 aliphatic heterocycles. The van der Waals surface area contributed by atoms with Gasteiger partial charge in [-0.15, -0.1) is 24.8 Å². The monoisotopic (exact) mass is 254 g/mol. The van der Waals surface area contributed by atoms with Crippen LogP contribution in [0.2, 0.25) is 0 Å². The number of rotatable bonds is 2. The van der Waals surface area contributed by atoms with Crippen molar-refractivity contribution in [1.29, 1.82) is 0 Å². The summed E-state index contributed by atoms with van der Waals surface area (Å²) in [6.07, 6.45) is -2.30. The highest BCUT2D eigenvalue weighted by atomic mass is 35.5. The minimum atomic E-state index is -4.09. The van der Waals surface area contributed by atoms with Crippen molar-refractivity contribution < 1.29 is 13.2 Å². The zero-order valence-electron chi connectivity index (χ0n) is 7.56. The first kappa shape index (κ1) is 16.7. The highest BCUT2D eigenvalue weighted by molar-refractivity contribution is 5.85. The fourth-order valence-corrected chi connectivity index (χ4v) is 1.29. The molecule has 0 amide bonds. The molecule has 2 N–H and O–H groups in total. The topological polar surface area (TPSA) is 24.1 Å². The quantitative estimate of drug-likeness (QED) is 0.785. The maximum atomic E-state index is 11.7. The molecular formula is C7H15Cl2F3N2. The average molecular weight is 255 g/mol. The Morgan fingerprint density at radius 3 is 2.36 bits per heavy atom. The molecule has 1 fully saturated rings. The van der Waals surface area contributed by atoms with Gasteiger partial charge in [0.15, 0.2) is 0 Å². The number of alkyl halides is 3. The lowest BCUT2D eigenvalue weighted by atomic mass is 10.1. The van der Waals surface area contributed by atoms with Crippen LogP contribution in [0.15, 0.2) is 0 Å². The number of nitrogens with one attached hydrogen (secondary N) is 2. The van der Waals surface area contributed by atoms with Crippen molar-refractivity contribution in [3.63, 3.8) is 0 Å². The van der Waals surface area contributed by atoms with Crippen LogP contribution in [0.4, 0.5) is 13.2 Å². The van der Waals surface area contributed by atoms with Crippen molar-refractivity contribution in [3.05, 3.63) is 0 Å². The van der Waals surface area contributed by atoms with Crippen LogP contribution < -0.4 is 10.6 Å². The predicted molar refractivity (Wildman–Crippen MR) is 54.4 cm³/mol. The highest BCUT2D eigenvalue weighted by Gasteiger charge is 2.28. The van der Waals surface area contributed by atoms with Gasteiger partial charge in [0, 0.05) is 12.6 Å². The second kappa shape index (κ2) is 7.56. The molecule has 0 bridgehead atoms. The third kappa shape index (κ3) is 7.67. The molecule has 88 valence electrons. The van der Waals surface area contributed by atoms with E-state index in [4.69, 9.17) is 0 Å². The Morgan fingerprint density at radius 2 is 1.93 bits per heavy atom. The first-order valence-electron chi connectivity index (χ1n) is 4.09. The third-order valence-corrected chi connectivity index (χ3v) is 1.89. The molecule has 1 heterocycles. The zero-order valence-corrected chi connectivity index (χ0v) is 9.20. The molecule has 0 aliphatic carbocycles. The van der Waals surface area contributed by atoms with E-state index < -0.39 is 12.7 Å². The van der Waals surface area contributed by atoms with Gasteiger partial charge in [-0.3, -0.25) is 0 Å². The Kier molecular flexibility index (Phi) is 9.03. The summed E-state index contributed by atoms with van der Waals surface area (Å²) >= 11 is 0. The van der Waals surface area contributed by atoms with E-state index in [2.05, 4.69) is 10.6 Å². The van der Waals surface area contributed by atoms with E-state index >= 15 is 0 Å². The van der Waals surface area contributed by atoms with Crippen molar-refractivity contribution in [2.75, 3.05) is 19.6 Å². The van der Waals surface area contributed by atoms with Gasteiger partial charge in [0.25, 0.3) is 0 Å². The van der Waals surface area contributed by atoms with Crippen LogP contribution in [0.5, 0.6) is 0 Å². The first-order chi connectivity index (χ1) is 5.58. The van der Waals surface area contributed by atoms with Crippen molar-refractivity contribution in [3.8, 4) is 0 Å². The lowest BCUT2D eigenvalue weighted by molar-refractivity contribution is -0.126. The van der Waals surface area contributed by atoms with Gasteiger partial charge in [0.1, 0.15) is 0 Å². The molecule has 0 radical (unpaired) electrons. The Balaban J connectivity index is 0. The molecule has 2 nitrogen and oxygen atoms in total. The van der Waals surface area contributed by atoms with E-state index in [9.17, 15) is 13.2 Å². The fourth-order valence-electron chi connectivity index (χ4n) is 1.29. The summed E-state index contributed by atoms with van der Waals surface area (Å²) < 4.78 is 35.2. The van der Waals surface area contributed by atoms with Gasteiger partial charge in [0.2, 0.25) is 0 Å². The molecular weight excluding hydrogens is 240 g/mol. The molecule has 1 aliphatic rings. The summed E-state index contributed by atoms with van der Waals surface area (Å²) in [6, 6.07) is -0.0135. The van der Waals surface area contributed by atoms with Gasteiger partial charge in [0.05, 0.1) is 6.54 Å². The predicted octanol–water partition coefficient (Wildman–Crippen LogP) is 1.73. The molecule has 0 saturated carbocycles. The zero-order chi connectivity index (χ0) is 9.03. The van der Waals surface area contributed by atoms with Crippen LogP contribution in [-0.2, 0) is 0 Å². The molecule has 1 atom stereocenters. The Labute approximate surface area is 93.8 Å². The smallest absolute Gasteiger partial charge is 0.315 e. The van der Waals surface area contributed by atoms with E-state index in [1.807, 2.05) is 0 Å². The lowest BCUT2D eigenvalue weighted by Crippen LogP contribution is -2.46. The Morgan fingerprint density at radius 1 is 1.29 bits per heavy atom. The summed E-state index contributed by atoms with van der Waals surface area (Å²) in [4.78, 5) is 0. The average Bonchev–Trinajstić information content (AvgIpc) is 2.02. The Hall–Kier alpha value is 0.290. The van der Waals surface area contributed by atoms with Gasteiger partial charge < -0.3 is 10.6 Å². The van der Waals surface area contributed by atoms with Crippen molar-refractivity contribution in [1.82, 2.24) is 10.6 Å². The van der Waals surface area contributed by atoms with Crippen LogP contribution in [0.3, 0.4) is 0 Å². The van der Waals surface area contributed by atoms with E-state index in [1.165, 1.54) is 0 Å². The van der Waals surface area contributed by atoms with Gasteiger partial charge in [-0.1, -0.05) is 0 Å². The molecule has 1 rings (SSSR count). The molecule has 0 aromatic rings. The minimum Gasteiger partial charge on any atom is -0.315 e. The van der Waals surface area contributed by atoms with Crippen LogP contribution in [0, 0.1) is 0 Å². The summed E-state index contributed by atoms with van der Waals surface area (Å²) in [5.74, 6) is 0. The van der Waals surface area contributed by atoms with Crippen LogP contribution >= 0.6 is 24.8 Å². The largest absolute Gasteiger partial charge is 0.401 e. The molecule has 1 unspecified atom stereocenters.